The first-order valence-corrected chi connectivity index (χ1v) is 6.09. The molecular weight excluding hydrogens is 244 g/mol. The predicted octanol–water partition coefficient (Wildman–Crippen LogP) is 4.26. The van der Waals surface area contributed by atoms with E-state index in [2.05, 4.69) is 28.2 Å². The van der Waals surface area contributed by atoms with Gasteiger partial charge in [-0.05, 0) is 36.6 Å². The number of hydrogen-bond acceptors (Lipinski definition) is 2. The Kier molecular flexibility index (Phi) is 2.73. The Balaban J connectivity index is 2.25. The summed E-state index contributed by atoms with van der Waals surface area (Å²) in [5.74, 6) is 0. The van der Waals surface area contributed by atoms with Crippen LogP contribution in [-0.4, -0.2) is 9.97 Å². The maximum absolute atomic E-state index is 6.25. The molecule has 0 saturated carbocycles. The van der Waals surface area contributed by atoms with Gasteiger partial charge in [-0.3, -0.25) is 4.98 Å². The molecule has 0 aliphatic carbocycles. The quantitative estimate of drug-likeness (QED) is 0.607. The molecule has 18 heavy (non-hydrogen) atoms. The van der Waals surface area contributed by atoms with Crippen molar-refractivity contribution in [2.75, 3.05) is 0 Å². The molecule has 3 rings (SSSR count). The first kappa shape index (κ1) is 11.2. The van der Waals surface area contributed by atoms with E-state index in [0.29, 0.717) is 5.15 Å². The van der Waals surface area contributed by atoms with Crippen LogP contribution in [0.15, 0.2) is 48.8 Å². The molecule has 0 unspecified atom stereocenters. The highest BCUT2D eigenvalue weighted by atomic mass is 35.5. The number of aryl methyl sites for hydroxylation is 1. The van der Waals surface area contributed by atoms with Crippen LogP contribution in [0.3, 0.4) is 0 Å². The Morgan fingerprint density at radius 2 is 2.00 bits per heavy atom. The Bertz CT molecular complexity index is 708. The number of hydrogen-bond donors (Lipinski definition) is 0. The monoisotopic (exact) mass is 254 g/mol. The zero-order chi connectivity index (χ0) is 12.5. The first-order chi connectivity index (χ1) is 8.74. The second-order valence-corrected chi connectivity index (χ2v) is 4.62. The second kappa shape index (κ2) is 4.39. The van der Waals surface area contributed by atoms with E-state index in [1.54, 1.807) is 12.4 Å². The lowest BCUT2D eigenvalue weighted by atomic mass is 10.1. The van der Waals surface area contributed by atoms with Gasteiger partial charge in [0.2, 0.25) is 0 Å². The van der Waals surface area contributed by atoms with Crippen molar-refractivity contribution in [2.45, 2.75) is 6.92 Å². The van der Waals surface area contributed by atoms with Gasteiger partial charge in [0.05, 0.1) is 5.69 Å². The summed E-state index contributed by atoms with van der Waals surface area (Å²) in [5, 5.41) is 2.62. The van der Waals surface area contributed by atoms with Crippen molar-refractivity contribution in [1.82, 2.24) is 9.97 Å². The maximum atomic E-state index is 6.25. The largest absolute Gasteiger partial charge is 0.264 e. The highest BCUT2D eigenvalue weighted by Gasteiger charge is 2.06. The van der Waals surface area contributed by atoms with E-state index >= 15 is 0 Å². The van der Waals surface area contributed by atoms with Gasteiger partial charge in [0.25, 0.3) is 0 Å². The minimum atomic E-state index is 0.537. The fraction of sp³-hybridized carbons (Fsp3) is 0.0667. The molecule has 1 aromatic carbocycles. The van der Waals surface area contributed by atoms with Crippen molar-refractivity contribution in [3.8, 4) is 11.3 Å². The van der Waals surface area contributed by atoms with Gasteiger partial charge in [0.1, 0.15) is 5.15 Å². The lowest BCUT2D eigenvalue weighted by Gasteiger charge is -2.06. The normalized spacial score (nSPS) is 10.8. The molecule has 0 spiro atoms. The molecular formula is C15H11ClN2. The van der Waals surface area contributed by atoms with Crippen LogP contribution in [0.25, 0.3) is 22.0 Å². The molecule has 0 saturated heterocycles. The number of pyridine rings is 2. The van der Waals surface area contributed by atoms with Crippen LogP contribution in [-0.2, 0) is 0 Å². The fourth-order valence-corrected chi connectivity index (χ4v) is 2.24. The highest BCUT2D eigenvalue weighted by Crippen LogP contribution is 2.27. The Labute approximate surface area is 110 Å². The lowest BCUT2D eigenvalue weighted by Crippen LogP contribution is -1.87. The average Bonchev–Trinajstić information content (AvgIpc) is 2.40. The van der Waals surface area contributed by atoms with Gasteiger partial charge >= 0.3 is 0 Å². The third-order valence-corrected chi connectivity index (χ3v) is 3.19. The molecule has 3 aromatic rings. The number of benzene rings is 1. The van der Waals surface area contributed by atoms with Crippen LogP contribution >= 0.6 is 11.6 Å². The summed E-state index contributed by atoms with van der Waals surface area (Å²) in [6.07, 6.45) is 3.54. The van der Waals surface area contributed by atoms with Crippen molar-refractivity contribution in [3.05, 3.63) is 59.5 Å². The van der Waals surface area contributed by atoms with Gasteiger partial charge in [-0.15, -0.1) is 0 Å². The summed E-state index contributed by atoms with van der Waals surface area (Å²) in [4.78, 5) is 8.54. The third-order valence-electron chi connectivity index (χ3n) is 2.90. The summed E-state index contributed by atoms with van der Waals surface area (Å²) in [6, 6.07) is 12.1. The van der Waals surface area contributed by atoms with Gasteiger partial charge < -0.3 is 0 Å². The highest BCUT2D eigenvalue weighted by molar-refractivity contribution is 6.34. The molecule has 2 aromatic heterocycles. The van der Waals surface area contributed by atoms with Crippen LogP contribution in [0, 0.1) is 6.92 Å². The molecule has 0 radical (unpaired) electrons. The standard InChI is InChI=1S/C15H11ClN2/c1-10-4-5-11-8-14(12-3-2-6-17-9-12)18-15(16)13(11)7-10/h2-9H,1H3. The van der Waals surface area contributed by atoms with Gasteiger partial charge in [-0.25, -0.2) is 4.98 Å². The van der Waals surface area contributed by atoms with Crippen LogP contribution in [0.5, 0.6) is 0 Å². The minimum Gasteiger partial charge on any atom is -0.264 e. The number of rotatable bonds is 1. The van der Waals surface area contributed by atoms with E-state index in [0.717, 1.165) is 22.0 Å². The summed E-state index contributed by atoms with van der Waals surface area (Å²) in [7, 11) is 0. The molecule has 0 fully saturated rings. The topological polar surface area (TPSA) is 25.8 Å². The molecule has 2 heterocycles. The van der Waals surface area contributed by atoms with Crippen LogP contribution in [0.2, 0.25) is 5.15 Å². The molecule has 0 aliphatic rings. The number of aromatic nitrogens is 2. The van der Waals surface area contributed by atoms with Gasteiger partial charge in [0, 0.05) is 23.3 Å². The smallest absolute Gasteiger partial charge is 0.137 e. The summed E-state index contributed by atoms with van der Waals surface area (Å²) < 4.78 is 0. The minimum absolute atomic E-state index is 0.537. The van der Waals surface area contributed by atoms with Crippen LogP contribution < -0.4 is 0 Å². The summed E-state index contributed by atoms with van der Waals surface area (Å²) in [5.41, 5.74) is 3.01. The third kappa shape index (κ3) is 1.95. The van der Waals surface area contributed by atoms with Crippen molar-refractivity contribution < 1.29 is 0 Å². The molecule has 2 nitrogen and oxygen atoms in total. The van der Waals surface area contributed by atoms with Crippen molar-refractivity contribution in [3.63, 3.8) is 0 Å². The van der Waals surface area contributed by atoms with Gasteiger partial charge in [-0.2, -0.15) is 0 Å². The fourth-order valence-electron chi connectivity index (χ4n) is 1.98. The zero-order valence-electron chi connectivity index (χ0n) is 9.89. The van der Waals surface area contributed by atoms with Crippen LogP contribution in [0.1, 0.15) is 5.56 Å². The van der Waals surface area contributed by atoms with Gasteiger partial charge in [-0.1, -0.05) is 29.3 Å². The van der Waals surface area contributed by atoms with Crippen LogP contribution in [0.4, 0.5) is 0 Å². The molecule has 0 amide bonds. The molecule has 0 atom stereocenters. The van der Waals surface area contributed by atoms with E-state index in [1.165, 1.54) is 5.56 Å². The first-order valence-electron chi connectivity index (χ1n) is 5.71. The van der Waals surface area contributed by atoms with Crippen molar-refractivity contribution in [1.29, 1.82) is 0 Å². The Hall–Kier alpha value is -1.93. The number of fused-ring (bicyclic) bond motifs is 1. The molecule has 0 aliphatic heterocycles. The summed E-state index contributed by atoms with van der Waals surface area (Å²) >= 11 is 6.25. The molecule has 0 bridgehead atoms. The molecule has 88 valence electrons. The predicted molar refractivity (Wildman–Crippen MR) is 74.7 cm³/mol. The van der Waals surface area contributed by atoms with E-state index < -0.39 is 0 Å². The number of halogens is 1. The number of nitrogens with zero attached hydrogens (tertiary/aromatic N) is 2. The van der Waals surface area contributed by atoms with E-state index in [1.807, 2.05) is 25.1 Å². The maximum Gasteiger partial charge on any atom is 0.137 e. The second-order valence-electron chi connectivity index (χ2n) is 4.26. The Morgan fingerprint density at radius 3 is 2.78 bits per heavy atom. The van der Waals surface area contributed by atoms with Gasteiger partial charge in [0.15, 0.2) is 0 Å². The lowest BCUT2D eigenvalue weighted by molar-refractivity contribution is 1.29. The van der Waals surface area contributed by atoms with Crippen molar-refractivity contribution in [2.24, 2.45) is 0 Å². The SMILES string of the molecule is Cc1ccc2cc(-c3cccnc3)nc(Cl)c2c1. The average molecular weight is 255 g/mol. The van der Waals surface area contributed by atoms with E-state index in [9.17, 15) is 0 Å². The zero-order valence-corrected chi connectivity index (χ0v) is 10.6. The summed E-state index contributed by atoms with van der Waals surface area (Å²) in [6.45, 7) is 2.05. The molecule has 0 N–H and O–H groups in total. The van der Waals surface area contributed by atoms with E-state index in [-0.39, 0.29) is 0 Å². The molecule has 3 heteroatoms. The Morgan fingerprint density at radius 1 is 1.11 bits per heavy atom. The van der Waals surface area contributed by atoms with Crippen molar-refractivity contribution >= 4 is 22.4 Å². The van der Waals surface area contributed by atoms with E-state index in [4.69, 9.17) is 11.6 Å².